The van der Waals surface area contributed by atoms with Crippen molar-refractivity contribution in [2.45, 2.75) is 20.3 Å². The third kappa shape index (κ3) is 3.53. The molecule has 16 heavy (non-hydrogen) atoms. The van der Waals surface area contributed by atoms with Crippen LogP contribution in [0.1, 0.15) is 30.8 Å². The van der Waals surface area contributed by atoms with Gasteiger partial charge in [0, 0.05) is 25.5 Å². The number of nitrogens with one attached hydrogen (secondary N) is 2. The number of carbonyl (C=O) groups excluding carboxylic acids is 1. The molecule has 1 aromatic heterocycles. The first kappa shape index (κ1) is 12.5. The highest BCUT2D eigenvalue weighted by Gasteiger charge is 2.05. The molecule has 0 spiro atoms. The van der Waals surface area contributed by atoms with Gasteiger partial charge in [0.2, 0.25) is 0 Å². The molecule has 1 atom stereocenters. The van der Waals surface area contributed by atoms with Crippen LogP contribution in [-0.4, -0.2) is 24.5 Å². The van der Waals surface area contributed by atoms with E-state index in [1.165, 1.54) is 0 Å². The first-order valence-electron chi connectivity index (χ1n) is 5.59. The van der Waals surface area contributed by atoms with Gasteiger partial charge in [-0.25, -0.2) is 0 Å². The average Bonchev–Trinajstić information content (AvgIpc) is 2.35. The standard InChI is InChI=1S/C12H19N3O/c1-4-9(2)8-15-10-5-6-14-11(7-10)12(16)13-3/h5-7,9H,4,8H2,1-3H3,(H,13,16)(H,14,15). The summed E-state index contributed by atoms with van der Waals surface area (Å²) in [5, 5.41) is 5.85. The van der Waals surface area contributed by atoms with Crippen LogP contribution in [0.15, 0.2) is 18.3 Å². The van der Waals surface area contributed by atoms with Gasteiger partial charge in [0.15, 0.2) is 0 Å². The van der Waals surface area contributed by atoms with Crippen LogP contribution in [0.25, 0.3) is 0 Å². The quantitative estimate of drug-likeness (QED) is 0.798. The lowest BCUT2D eigenvalue weighted by molar-refractivity contribution is 0.0958. The normalized spacial score (nSPS) is 11.9. The van der Waals surface area contributed by atoms with Crippen LogP contribution in [-0.2, 0) is 0 Å². The number of pyridine rings is 1. The average molecular weight is 221 g/mol. The predicted octanol–water partition coefficient (Wildman–Crippen LogP) is 1.90. The van der Waals surface area contributed by atoms with Crippen molar-refractivity contribution >= 4 is 11.6 Å². The molecule has 1 heterocycles. The van der Waals surface area contributed by atoms with Gasteiger partial charge in [-0.05, 0) is 18.1 Å². The summed E-state index contributed by atoms with van der Waals surface area (Å²) in [5.74, 6) is 0.462. The smallest absolute Gasteiger partial charge is 0.269 e. The minimum absolute atomic E-state index is 0.160. The Morgan fingerprint density at radius 3 is 2.94 bits per heavy atom. The Labute approximate surface area is 96.5 Å². The molecule has 2 N–H and O–H groups in total. The number of aromatic nitrogens is 1. The van der Waals surface area contributed by atoms with E-state index in [0.717, 1.165) is 18.7 Å². The molecule has 4 heteroatoms. The molecule has 1 aromatic rings. The van der Waals surface area contributed by atoms with E-state index in [1.54, 1.807) is 19.3 Å². The Kier molecular flexibility index (Phi) is 4.76. The fourth-order valence-corrected chi connectivity index (χ4v) is 1.23. The first-order valence-corrected chi connectivity index (χ1v) is 5.59. The van der Waals surface area contributed by atoms with Gasteiger partial charge in [0.1, 0.15) is 5.69 Å². The minimum Gasteiger partial charge on any atom is -0.385 e. The van der Waals surface area contributed by atoms with Gasteiger partial charge in [-0.3, -0.25) is 9.78 Å². The van der Waals surface area contributed by atoms with E-state index < -0.39 is 0 Å². The molecule has 0 fully saturated rings. The van der Waals surface area contributed by atoms with E-state index in [0.29, 0.717) is 11.6 Å². The van der Waals surface area contributed by atoms with Crippen LogP contribution in [0.2, 0.25) is 0 Å². The zero-order valence-corrected chi connectivity index (χ0v) is 10.1. The maximum atomic E-state index is 11.4. The number of amides is 1. The number of nitrogens with zero attached hydrogens (tertiary/aromatic N) is 1. The Bertz CT molecular complexity index is 352. The van der Waals surface area contributed by atoms with Crippen LogP contribution in [0, 0.1) is 5.92 Å². The van der Waals surface area contributed by atoms with Gasteiger partial charge in [-0.1, -0.05) is 20.3 Å². The molecule has 0 aromatic carbocycles. The number of hydrogen-bond acceptors (Lipinski definition) is 3. The van der Waals surface area contributed by atoms with Crippen LogP contribution in [0.3, 0.4) is 0 Å². The predicted molar refractivity (Wildman–Crippen MR) is 65.6 cm³/mol. The number of rotatable bonds is 5. The number of carbonyl (C=O) groups is 1. The molecule has 0 aliphatic carbocycles. The summed E-state index contributed by atoms with van der Waals surface area (Å²) in [6.45, 7) is 5.26. The maximum absolute atomic E-state index is 11.4. The summed E-state index contributed by atoms with van der Waals surface area (Å²) in [5.41, 5.74) is 1.38. The van der Waals surface area contributed by atoms with Crippen molar-refractivity contribution in [2.75, 3.05) is 18.9 Å². The minimum atomic E-state index is -0.160. The highest BCUT2D eigenvalue weighted by Crippen LogP contribution is 2.09. The Balaban J connectivity index is 2.64. The van der Waals surface area contributed by atoms with Crippen molar-refractivity contribution < 1.29 is 4.79 Å². The SMILES string of the molecule is CCC(C)CNc1ccnc(C(=O)NC)c1. The second kappa shape index (κ2) is 6.10. The molecule has 1 unspecified atom stereocenters. The van der Waals surface area contributed by atoms with E-state index in [-0.39, 0.29) is 5.91 Å². The monoisotopic (exact) mass is 221 g/mol. The third-order valence-electron chi connectivity index (χ3n) is 2.57. The van der Waals surface area contributed by atoms with Crippen molar-refractivity contribution in [2.24, 2.45) is 5.92 Å². The first-order chi connectivity index (χ1) is 7.67. The van der Waals surface area contributed by atoms with Crippen molar-refractivity contribution in [3.8, 4) is 0 Å². The van der Waals surface area contributed by atoms with Crippen molar-refractivity contribution in [3.05, 3.63) is 24.0 Å². The van der Waals surface area contributed by atoms with E-state index in [4.69, 9.17) is 0 Å². The lowest BCUT2D eigenvalue weighted by Gasteiger charge is -2.11. The summed E-state index contributed by atoms with van der Waals surface area (Å²) in [7, 11) is 1.60. The topological polar surface area (TPSA) is 54.0 Å². The lowest BCUT2D eigenvalue weighted by Crippen LogP contribution is -2.19. The summed E-state index contributed by atoms with van der Waals surface area (Å²) < 4.78 is 0. The summed E-state index contributed by atoms with van der Waals surface area (Å²) in [6.07, 6.45) is 2.78. The molecule has 0 aliphatic rings. The van der Waals surface area contributed by atoms with Gasteiger partial charge in [0.05, 0.1) is 0 Å². The summed E-state index contributed by atoms with van der Waals surface area (Å²) in [4.78, 5) is 15.4. The highest BCUT2D eigenvalue weighted by atomic mass is 16.1. The molecule has 0 aliphatic heterocycles. The van der Waals surface area contributed by atoms with Crippen molar-refractivity contribution in [1.82, 2.24) is 10.3 Å². The molecule has 88 valence electrons. The maximum Gasteiger partial charge on any atom is 0.269 e. The molecular weight excluding hydrogens is 202 g/mol. The zero-order chi connectivity index (χ0) is 12.0. The fourth-order valence-electron chi connectivity index (χ4n) is 1.23. The summed E-state index contributed by atoms with van der Waals surface area (Å²) in [6, 6.07) is 3.63. The molecule has 4 nitrogen and oxygen atoms in total. The van der Waals surface area contributed by atoms with Crippen LogP contribution >= 0.6 is 0 Å². The van der Waals surface area contributed by atoms with Gasteiger partial charge in [-0.15, -0.1) is 0 Å². The molecule has 0 radical (unpaired) electrons. The van der Waals surface area contributed by atoms with E-state index in [9.17, 15) is 4.79 Å². The van der Waals surface area contributed by atoms with E-state index in [1.807, 2.05) is 6.07 Å². The molecule has 0 saturated carbocycles. The molecule has 0 bridgehead atoms. The van der Waals surface area contributed by atoms with Crippen molar-refractivity contribution in [1.29, 1.82) is 0 Å². The largest absolute Gasteiger partial charge is 0.385 e. The third-order valence-corrected chi connectivity index (χ3v) is 2.57. The van der Waals surface area contributed by atoms with Gasteiger partial charge in [-0.2, -0.15) is 0 Å². The second-order valence-corrected chi connectivity index (χ2v) is 3.90. The molecule has 1 amide bonds. The highest BCUT2D eigenvalue weighted by molar-refractivity contribution is 5.92. The Morgan fingerprint density at radius 1 is 1.56 bits per heavy atom. The van der Waals surface area contributed by atoms with E-state index >= 15 is 0 Å². The van der Waals surface area contributed by atoms with Crippen LogP contribution in [0.5, 0.6) is 0 Å². The van der Waals surface area contributed by atoms with Gasteiger partial charge >= 0.3 is 0 Å². The van der Waals surface area contributed by atoms with Crippen molar-refractivity contribution in [3.63, 3.8) is 0 Å². The molecule has 1 rings (SSSR count). The van der Waals surface area contributed by atoms with Crippen LogP contribution < -0.4 is 10.6 Å². The van der Waals surface area contributed by atoms with E-state index in [2.05, 4.69) is 29.5 Å². The number of anilines is 1. The molecule has 0 saturated heterocycles. The van der Waals surface area contributed by atoms with Gasteiger partial charge < -0.3 is 10.6 Å². The number of hydrogen-bond donors (Lipinski definition) is 2. The lowest BCUT2D eigenvalue weighted by atomic mass is 10.1. The fraction of sp³-hybridized carbons (Fsp3) is 0.500. The second-order valence-electron chi connectivity index (χ2n) is 3.90. The Morgan fingerprint density at radius 2 is 2.31 bits per heavy atom. The van der Waals surface area contributed by atoms with Crippen LogP contribution in [0.4, 0.5) is 5.69 Å². The van der Waals surface area contributed by atoms with Gasteiger partial charge in [0.25, 0.3) is 5.91 Å². The summed E-state index contributed by atoms with van der Waals surface area (Å²) >= 11 is 0. The molecular formula is C12H19N3O. The zero-order valence-electron chi connectivity index (χ0n) is 10.1. The Hall–Kier alpha value is -1.58.